The molecule has 0 aliphatic heterocycles. The quantitative estimate of drug-likeness (QED) is 0.719. The largest absolute Gasteiger partial charge is 0.464 e. The van der Waals surface area contributed by atoms with Gasteiger partial charge in [-0.3, -0.25) is 4.79 Å². The van der Waals surface area contributed by atoms with E-state index in [2.05, 4.69) is 49.4 Å². The fourth-order valence-electron chi connectivity index (χ4n) is 3.01. The molecule has 1 heterocycles. The van der Waals surface area contributed by atoms with Crippen LogP contribution in [0, 0.1) is 13.8 Å². The van der Waals surface area contributed by atoms with Crippen LogP contribution in [0.5, 0.6) is 0 Å². The molecule has 0 aliphatic rings. The van der Waals surface area contributed by atoms with Crippen molar-refractivity contribution in [3.8, 4) is 0 Å². The van der Waals surface area contributed by atoms with Crippen LogP contribution < -0.4 is 5.32 Å². The average molecular weight is 350 g/mol. The lowest BCUT2D eigenvalue weighted by Gasteiger charge is -2.10. The predicted octanol–water partition coefficient (Wildman–Crippen LogP) is 4.33. The number of carbonyl (C=O) groups is 1. The Morgan fingerprint density at radius 1 is 1.08 bits per heavy atom. The van der Waals surface area contributed by atoms with Gasteiger partial charge in [0.15, 0.2) is 0 Å². The molecule has 0 atom stereocenters. The van der Waals surface area contributed by atoms with Gasteiger partial charge in [0.2, 0.25) is 5.91 Å². The van der Waals surface area contributed by atoms with Gasteiger partial charge in [-0.25, -0.2) is 0 Å². The Morgan fingerprint density at radius 2 is 1.81 bits per heavy atom. The van der Waals surface area contributed by atoms with Crippen LogP contribution in [0.25, 0.3) is 11.0 Å². The Labute approximate surface area is 154 Å². The monoisotopic (exact) mass is 350 g/mol. The van der Waals surface area contributed by atoms with E-state index in [4.69, 9.17) is 4.42 Å². The van der Waals surface area contributed by atoms with Crippen molar-refractivity contribution in [1.82, 2.24) is 4.90 Å². The molecule has 4 nitrogen and oxygen atoms in total. The number of hydrogen-bond acceptors (Lipinski definition) is 3. The molecule has 0 unspecified atom stereocenters. The number of anilines is 1. The zero-order valence-corrected chi connectivity index (χ0v) is 15.9. The van der Waals surface area contributed by atoms with Crippen molar-refractivity contribution < 1.29 is 9.21 Å². The third-order valence-corrected chi connectivity index (χ3v) is 4.78. The summed E-state index contributed by atoms with van der Waals surface area (Å²) in [4.78, 5) is 14.6. The van der Waals surface area contributed by atoms with Crippen LogP contribution >= 0.6 is 0 Å². The third kappa shape index (κ3) is 4.14. The summed E-state index contributed by atoms with van der Waals surface area (Å²) < 4.78 is 5.69. The van der Waals surface area contributed by atoms with Gasteiger partial charge in [0, 0.05) is 23.2 Å². The maximum atomic E-state index is 12.4. The molecule has 0 spiro atoms. The van der Waals surface area contributed by atoms with Gasteiger partial charge in [0.05, 0.1) is 12.7 Å². The highest BCUT2D eigenvalue weighted by atomic mass is 16.3. The number of carbonyl (C=O) groups excluding carboxylic acids is 1. The summed E-state index contributed by atoms with van der Waals surface area (Å²) in [6.45, 7) is 5.12. The van der Waals surface area contributed by atoms with Crippen molar-refractivity contribution in [1.29, 1.82) is 0 Å². The minimum absolute atomic E-state index is 0.0352. The number of benzene rings is 2. The second-order valence-corrected chi connectivity index (χ2v) is 7.12. The SMILES string of the molecule is Cc1ccc2c(CC(=O)Nc3ccc(CCN(C)C)cc3)coc2c1C. The Hall–Kier alpha value is -2.59. The Balaban J connectivity index is 1.65. The standard InChI is InChI=1S/C22H26N2O2/c1-15-5-10-20-18(14-26-22(20)16(15)2)13-21(25)23-19-8-6-17(7-9-19)11-12-24(3)4/h5-10,14H,11-13H2,1-4H3,(H,23,25). The smallest absolute Gasteiger partial charge is 0.228 e. The number of hydrogen-bond donors (Lipinski definition) is 1. The van der Waals surface area contributed by atoms with E-state index in [1.54, 1.807) is 6.26 Å². The van der Waals surface area contributed by atoms with Crippen LogP contribution in [0.15, 0.2) is 47.1 Å². The fraction of sp³-hybridized carbons (Fsp3) is 0.318. The molecule has 26 heavy (non-hydrogen) atoms. The Morgan fingerprint density at radius 3 is 2.50 bits per heavy atom. The van der Waals surface area contributed by atoms with E-state index < -0.39 is 0 Å². The highest BCUT2D eigenvalue weighted by Gasteiger charge is 2.13. The lowest BCUT2D eigenvalue weighted by atomic mass is 10.0. The van der Waals surface area contributed by atoms with Crippen LogP contribution in [0.4, 0.5) is 5.69 Å². The number of furan rings is 1. The van der Waals surface area contributed by atoms with Gasteiger partial charge in [0.1, 0.15) is 5.58 Å². The van der Waals surface area contributed by atoms with Crippen molar-refractivity contribution >= 4 is 22.6 Å². The molecule has 1 amide bonds. The van der Waals surface area contributed by atoms with E-state index in [1.807, 2.05) is 25.1 Å². The van der Waals surface area contributed by atoms with Crippen LogP contribution in [-0.4, -0.2) is 31.4 Å². The summed E-state index contributed by atoms with van der Waals surface area (Å²) in [6, 6.07) is 12.2. The summed E-state index contributed by atoms with van der Waals surface area (Å²) >= 11 is 0. The first-order chi connectivity index (χ1) is 12.4. The number of amides is 1. The summed E-state index contributed by atoms with van der Waals surface area (Å²) in [5.41, 5.74) is 6.20. The van der Waals surface area contributed by atoms with Gasteiger partial charge >= 0.3 is 0 Å². The molecule has 3 rings (SSSR count). The second kappa shape index (κ2) is 7.75. The van der Waals surface area contributed by atoms with Gasteiger partial charge in [-0.2, -0.15) is 0 Å². The number of nitrogens with one attached hydrogen (secondary N) is 1. The van der Waals surface area contributed by atoms with Crippen molar-refractivity contribution in [2.75, 3.05) is 26.0 Å². The molecular formula is C22H26N2O2. The van der Waals surface area contributed by atoms with Crippen LogP contribution in [0.3, 0.4) is 0 Å². The fourth-order valence-corrected chi connectivity index (χ4v) is 3.01. The van der Waals surface area contributed by atoms with Crippen molar-refractivity contribution in [2.24, 2.45) is 0 Å². The number of rotatable bonds is 6. The molecule has 2 aromatic carbocycles. The van der Waals surface area contributed by atoms with Crippen molar-refractivity contribution in [3.05, 3.63) is 64.9 Å². The molecule has 0 fully saturated rings. The van der Waals surface area contributed by atoms with E-state index >= 15 is 0 Å². The lowest BCUT2D eigenvalue weighted by Crippen LogP contribution is -2.15. The van der Waals surface area contributed by atoms with E-state index in [9.17, 15) is 4.79 Å². The normalized spacial score (nSPS) is 11.3. The first-order valence-electron chi connectivity index (χ1n) is 8.94. The Bertz CT molecular complexity index is 908. The lowest BCUT2D eigenvalue weighted by molar-refractivity contribution is -0.115. The van der Waals surface area contributed by atoms with Crippen LogP contribution in [-0.2, 0) is 17.6 Å². The van der Waals surface area contributed by atoms with E-state index in [0.717, 1.165) is 40.7 Å². The maximum absolute atomic E-state index is 12.4. The molecule has 3 aromatic rings. The van der Waals surface area contributed by atoms with Crippen molar-refractivity contribution in [2.45, 2.75) is 26.7 Å². The number of likely N-dealkylation sites (N-methyl/N-ethyl adjacent to an activating group) is 1. The van der Waals surface area contributed by atoms with Crippen LogP contribution in [0.2, 0.25) is 0 Å². The minimum Gasteiger partial charge on any atom is -0.464 e. The van der Waals surface area contributed by atoms with Gasteiger partial charge in [-0.1, -0.05) is 24.3 Å². The molecule has 136 valence electrons. The zero-order chi connectivity index (χ0) is 18.7. The van der Waals surface area contributed by atoms with Gasteiger partial charge < -0.3 is 14.6 Å². The van der Waals surface area contributed by atoms with Gasteiger partial charge in [0.25, 0.3) is 0 Å². The first-order valence-corrected chi connectivity index (χ1v) is 8.94. The van der Waals surface area contributed by atoms with Crippen molar-refractivity contribution in [3.63, 3.8) is 0 Å². The molecule has 0 saturated heterocycles. The summed E-state index contributed by atoms with van der Waals surface area (Å²) in [7, 11) is 4.13. The predicted molar refractivity (Wildman–Crippen MR) is 107 cm³/mol. The molecule has 0 radical (unpaired) electrons. The minimum atomic E-state index is -0.0352. The Kier molecular flexibility index (Phi) is 5.43. The highest BCUT2D eigenvalue weighted by molar-refractivity contribution is 5.95. The van der Waals surface area contributed by atoms with E-state index in [-0.39, 0.29) is 5.91 Å². The third-order valence-electron chi connectivity index (χ3n) is 4.78. The molecule has 1 aromatic heterocycles. The number of aryl methyl sites for hydroxylation is 2. The number of nitrogens with zero attached hydrogens (tertiary/aromatic N) is 1. The molecule has 0 bridgehead atoms. The molecule has 4 heteroatoms. The summed E-state index contributed by atoms with van der Waals surface area (Å²) in [5.74, 6) is -0.0352. The average Bonchev–Trinajstić information content (AvgIpc) is 3.01. The van der Waals surface area contributed by atoms with Gasteiger partial charge in [-0.15, -0.1) is 0 Å². The number of fused-ring (bicyclic) bond motifs is 1. The summed E-state index contributed by atoms with van der Waals surface area (Å²) in [6.07, 6.45) is 3.00. The zero-order valence-electron chi connectivity index (χ0n) is 15.9. The highest BCUT2D eigenvalue weighted by Crippen LogP contribution is 2.27. The molecular weight excluding hydrogens is 324 g/mol. The second-order valence-electron chi connectivity index (χ2n) is 7.12. The van der Waals surface area contributed by atoms with E-state index in [1.165, 1.54) is 11.1 Å². The molecule has 1 N–H and O–H groups in total. The maximum Gasteiger partial charge on any atom is 0.228 e. The van der Waals surface area contributed by atoms with Crippen LogP contribution in [0.1, 0.15) is 22.3 Å². The molecule has 0 aliphatic carbocycles. The summed E-state index contributed by atoms with van der Waals surface area (Å²) in [5, 5.41) is 3.99. The topological polar surface area (TPSA) is 45.5 Å². The molecule has 0 saturated carbocycles. The van der Waals surface area contributed by atoms with Gasteiger partial charge in [-0.05, 0) is 63.2 Å². The first kappa shape index (κ1) is 18.2. The van der Waals surface area contributed by atoms with E-state index in [0.29, 0.717) is 6.42 Å².